The molecule has 0 saturated heterocycles. The van der Waals surface area contributed by atoms with Crippen LogP contribution in [0.2, 0.25) is 0 Å². The van der Waals surface area contributed by atoms with Crippen LogP contribution in [0.4, 0.5) is 0 Å². The fraction of sp³-hybridized carbons (Fsp3) is 0.0312. The summed E-state index contributed by atoms with van der Waals surface area (Å²) in [5.41, 5.74) is 16.6. The molecule has 14 rings (SSSR count). The lowest BCUT2D eigenvalue weighted by atomic mass is 9.93. The van der Waals surface area contributed by atoms with Gasteiger partial charge in [0.05, 0.1) is 33.5 Å². The highest BCUT2D eigenvalue weighted by Gasteiger charge is 2.23. The molecule has 0 spiro atoms. The molecule has 1 aliphatic rings. The molecule has 0 unspecified atom stereocenters. The van der Waals surface area contributed by atoms with Crippen molar-refractivity contribution in [3.05, 3.63) is 236 Å². The van der Waals surface area contributed by atoms with Crippen molar-refractivity contribution in [3.63, 3.8) is 0 Å². The first-order chi connectivity index (χ1) is 34.2. The second-order valence-corrected chi connectivity index (χ2v) is 19.1. The Kier molecular flexibility index (Phi) is 9.17. The summed E-state index contributed by atoms with van der Waals surface area (Å²) in [5.74, 6) is 0.632. The Bertz CT molecular complexity index is 4160. The minimum absolute atomic E-state index is 0.632. The SMILES string of the molecule is C1=CC(c2cc(-c3ccccc3)c3c(c2)c2cc(-c4ccc5c(c4)c4cc6c(cc4n5-c4ccccc4)sc4ccccc46)ccc2n3-c2nc(-c3ccccc3)cc(-c3ccccc3)n2)=CCC1. The van der Waals surface area contributed by atoms with E-state index in [1.165, 1.54) is 58.7 Å². The number of thiophene rings is 1. The minimum atomic E-state index is 0.632. The third-order valence-corrected chi connectivity index (χ3v) is 15.1. The summed E-state index contributed by atoms with van der Waals surface area (Å²) in [6.45, 7) is 0. The van der Waals surface area contributed by atoms with Crippen molar-refractivity contribution in [1.29, 1.82) is 0 Å². The molecule has 0 N–H and O–H groups in total. The van der Waals surface area contributed by atoms with Crippen LogP contribution < -0.4 is 0 Å². The van der Waals surface area contributed by atoms with Crippen LogP contribution in [-0.2, 0) is 0 Å². The Labute approximate surface area is 403 Å². The summed E-state index contributed by atoms with van der Waals surface area (Å²) in [6, 6.07) is 77.1. The van der Waals surface area contributed by atoms with Crippen LogP contribution in [0.25, 0.3) is 126 Å². The monoisotopic (exact) mass is 898 g/mol. The van der Waals surface area contributed by atoms with Crippen molar-refractivity contribution in [3.8, 4) is 56.4 Å². The zero-order valence-electron chi connectivity index (χ0n) is 37.6. The Morgan fingerprint density at radius 3 is 1.62 bits per heavy atom. The summed E-state index contributed by atoms with van der Waals surface area (Å²) >= 11 is 1.87. The predicted molar refractivity (Wildman–Crippen MR) is 292 cm³/mol. The normalized spacial score (nSPS) is 12.8. The summed E-state index contributed by atoms with van der Waals surface area (Å²) in [5, 5.41) is 7.40. The van der Waals surface area contributed by atoms with E-state index in [1.807, 2.05) is 11.3 Å². The van der Waals surface area contributed by atoms with Gasteiger partial charge in [-0.3, -0.25) is 4.57 Å². The number of fused-ring (bicyclic) bond motifs is 9. The zero-order chi connectivity index (χ0) is 45.4. The molecule has 5 heteroatoms. The van der Waals surface area contributed by atoms with Crippen LogP contribution in [-0.4, -0.2) is 19.1 Å². The molecule has 0 atom stereocenters. The highest BCUT2D eigenvalue weighted by Crippen LogP contribution is 2.45. The van der Waals surface area contributed by atoms with Gasteiger partial charge >= 0.3 is 0 Å². The molecule has 0 bridgehead atoms. The van der Waals surface area contributed by atoms with Gasteiger partial charge in [0.2, 0.25) is 5.95 Å². The number of rotatable bonds is 7. The average molecular weight is 899 g/mol. The van der Waals surface area contributed by atoms with E-state index in [2.05, 4.69) is 240 Å². The van der Waals surface area contributed by atoms with Gasteiger partial charge in [0.15, 0.2) is 0 Å². The van der Waals surface area contributed by atoms with Crippen LogP contribution in [0.1, 0.15) is 18.4 Å². The second-order valence-electron chi connectivity index (χ2n) is 18.0. The fourth-order valence-corrected chi connectivity index (χ4v) is 11.8. The molecular formula is C64H42N4S. The number of hydrogen-bond acceptors (Lipinski definition) is 3. The van der Waals surface area contributed by atoms with E-state index >= 15 is 0 Å². The third-order valence-electron chi connectivity index (χ3n) is 13.9. The molecular weight excluding hydrogens is 857 g/mol. The first-order valence-corrected chi connectivity index (χ1v) is 24.5. The number of benzene rings is 9. The molecule has 1 aliphatic carbocycles. The van der Waals surface area contributed by atoms with Gasteiger partial charge in [-0.15, -0.1) is 11.3 Å². The van der Waals surface area contributed by atoms with Crippen molar-refractivity contribution in [2.75, 3.05) is 0 Å². The molecule has 0 amide bonds. The largest absolute Gasteiger partial charge is 0.309 e. The Balaban J connectivity index is 1.05. The number of allylic oxidation sites excluding steroid dienone is 4. The fourth-order valence-electron chi connectivity index (χ4n) is 10.7. The summed E-state index contributed by atoms with van der Waals surface area (Å²) in [6.07, 6.45) is 9.05. The van der Waals surface area contributed by atoms with Gasteiger partial charge in [0.1, 0.15) is 0 Å². The van der Waals surface area contributed by atoms with Gasteiger partial charge in [-0.1, -0.05) is 158 Å². The molecule has 0 saturated carbocycles. The molecule has 13 aromatic rings. The van der Waals surface area contributed by atoms with Crippen molar-refractivity contribution in [2.45, 2.75) is 12.8 Å². The maximum Gasteiger partial charge on any atom is 0.235 e. The molecule has 69 heavy (non-hydrogen) atoms. The lowest BCUT2D eigenvalue weighted by molar-refractivity contribution is 0.996. The van der Waals surface area contributed by atoms with E-state index in [1.54, 1.807) is 0 Å². The highest BCUT2D eigenvalue weighted by atomic mass is 32.1. The summed E-state index contributed by atoms with van der Waals surface area (Å²) < 4.78 is 7.36. The van der Waals surface area contributed by atoms with Crippen LogP contribution in [0.3, 0.4) is 0 Å². The van der Waals surface area contributed by atoms with Crippen molar-refractivity contribution in [1.82, 2.24) is 19.1 Å². The van der Waals surface area contributed by atoms with E-state index in [0.29, 0.717) is 5.95 Å². The van der Waals surface area contributed by atoms with Gasteiger partial charge in [-0.05, 0) is 113 Å². The number of nitrogens with zero attached hydrogens (tertiary/aromatic N) is 4. The Hall–Kier alpha value is -8.64. The average Bonchev–Trinajstić information content (AvgIpc) is 4.07. The van der Waals surface area contributed by atoms with Crippen LogP contribution in [0.15, 0.2) is 231 Å². The number of hydrogen-bond donors (Lipinski definition) is 0. The van der Waals surface area contributed by atoms with Gasteiger partial charge < -0.3 is 4.57 Å². The molecule has 324 valence electrons. The van der Waals surface area contributed by atoms with Gasteiger partial charge in [0, 0.05) is 64.1 Å². The number of aromatic nitrogens is 4. The predicted octanol–water partition coefficient (Wildman–Crippen LogP) is 17.4. The molecule has 9 aromatic carbocycles. The molecule has 0 radical (unpaired) electrons. The summed E-state index contributed by atoms with van der Waals surface area (Å²) in [4.78, 5) is 10.9. The Morgan fingerprint density at radius 1 is 0.377 bits per heavy atom. The maximum atomic E-state index is 5.45. The maximum absolute atomic E-state index is 5.45. The molecule has 0 fully saturated rings. The van der Waals surface area contributed by atoms with E-state index in [0.717, 1.165) is 79.5 Å². The minimum Gasteiger partial charge on any atom is -0.309 e. The quantitative estimate of drug-likeness (QED) is 0.160. The Morgan fingerprint density at radius 2 is 0.957 bits per heavy atom. The van der Waals surface area contributed by atoms with Crippen molar-refractivity contribution in [2.24, 2.45) is 0 Å². The first-order valence-electron chi connectivity index (χ1n) is 23.7. The highest BCUT2D eigenvalue weighted by molar-refractivity contribution is 7.25. The smallest absolute Gasteiger partial charge is 0.235 e. The lowest BCUT2D eigenvalue weighted by Crippen LogP contribution is -2.05. The molecule has 0 aliphatic heterocycles. The van der Waals surface area contributed by atoms with Gasteiger partial charge in [-0.25, -0.2) is 9.97 Å². The van der Waals surface area contributed by atoms with Gasteiger partial charge in [-0.2, -0.15) is 0 Å². The first kappa shape index (κ1) is 39.5. The van der Waals surface area contributed by atoms with E-state index in [-0.39, 0.29) is 0 Å². The second kappa shape index (κ2) is 16.0. The van der Waals surface area contributed by atoms with Crippen molar-refractivity contribution >= 4 is 80.7 Å². The van der Waals surface area contributed by atoms with Crippen molar-refractivity contribution < 1.29 is 0 Å². The molecule has 4 nitrogen and oxygen atoms in total. The topological polar surface area (TPSA) is 35.6 Å². The van der Waals surface area contributed by atoms with Gasteiger partial charge in [0.25, 0.3) is 0 Å². The van der Waals surface area contributed by atoms with Crippen LogP contribution in [0.5, 0.6) is 0 Å². The number of para-hydroxylation sites is 1. The lowest BCUT2D eigenvalue weighted by Gasteiger charge is -2.15. The zero-order valence-corrected chi connectivity index (χ0v) is 38.4. The van der Waals surface area contributed by atoms with E-state index in [4.69, 9.17) is 9.97 Å². The van der Waals surface area contributed by atoms with Crippen LogP contribution >= 0.6 is 11.3 Å². The summed E-state index contributed by atoms with van der Waals surface area (Å²) in [7, 11) is 0. The van der Waals surface area contributed by atoms with E-state index in [9.17, 15) is 0 Å². The standard InChI is InChI=1S/C64H42N4S/c1-6-18-41(19-7-1)47-36-50(42-20-8-2-9-21-42)63-55(37-47)52-35-46(31-33-59(52)68(63)64-65-56(43-22-10-3-11-23-43)39-57(66-64)44-24-12-4-13-25-44)45-30-32-58-51(34-45)53-38-54-49-28-16-17-29-61(49)69-62(54)40-60(53)67(58)48-26-14-5-15-27-48/h2-6,8-40H,1,7H2. The molecule has 4 heterocycles. The molecule has 4 aromatic heterocycles. The van der Waals surface area contributed by atoms with E-state index < -0.39 is 0 Å². The third kappa shape index (κ3) is 6.57. The van der Waals surface area contributed by atoms with Crippen LogP contribution in [0, 0.1) is 0 Å².